The van der Waals surface area contributed by atoms with Gasteiger partial charge in [-0.05, 0) is 24.3 Å². The summed E-state index contributed by atoms with van der Waals surface area (Å²) in [4.78, 5) is 4.41. The summed E-state index contributed by atoms with van der Waals surface area (Å²) < 4.78 is 1.09. The van der Waals surface area contributed by atoms with Crippen LogP contribution < -0.4 is 5.43 Å². The van der Waals surface area contributed by atoms with Crippen molar-refractivity contribution < 1.29 is 0 Å². The van der Waals surface area contributed by atoms with Crippen LogP contribution in [0.5, 0.6) is 0 Å². The highest BCUT2D eigenvalue weighted by Gasteiger charge is 2.07. The average molecular weight is 357 g/mol. The Kier molecular flexibility index (Phi) is 4.31. The van der Waals surface area contributed by atoms with E-state index in [0.717, 1.165) is 10.2 Å². The number of nitrogens with one attached hydrogen (secondary N) is 1. The Morgan fingerprint density at radius 1 is 1.05 bits per heavy atom. The molecule has 0 fully saturated rings. The standard InChI is InChI=1S/C14H8Cl3N3S/c15-9-5-6-10(16)13(17)8(9)7-18-20-14-19-11-3-1-2-4-12(11)21-14/h1-7H,(H,19,20)/b18-7-. The number of halogens is 3. The second-order valence-corrected chi connectivity index (χ2v) is 6.34. The van der Waals surface area contributed by atoms with Crippen molar-refractivity contribution in [1.29, 1.82) is 0 Å². The Bertz CT molecular complexity index is 796. The van der Waals surface area contributed by atoms with Gasteiger partial charge in [-0.1, -0.05) is 58.3 Å². The van der Waals surface area contributed by atoms with E-state index in [9.17, 15) is 0 Å². The number of hydrogen-bond donors (Lipinski definition) is 1. The maximum Gasteiger partial charge on any atom is 0.204 e. The largest absolute Gasteiger partial charge is 0.253 e. The van der Waals surface area contributed by atoms with Crippen molar-refractivity contribution in [3.05, 3.63) is 57.0 Å². The first-order valence-electron chi connectivity index (χ1n) is 5.93. The number of anilines is 1. The zero-order valence-electron chi connectivity index (χ0n) is 10.5. The second kappa shape index (κ2) is 6.20. The third-order valence-electron chi connectivity index (χ3n) is 2.73. The lowest BCUT2D eigenvalue weighted by Crippen LogP contribution is -1.92. The van der Waals surface area contributed by atoms with Gasteiger partial charge in [-0.3, -0.25) is 5.43 Å². The molecule has 0 unspecified atom stereocenters. The summed E-state index contributed by atoms with van der Waals surface area (Å²) in [6, 6.07) is 11.2. The van der Waals surface area contributed by atoms with Gasteiger partial charge in [0.2, 0.25) is 5.13 Å². The zero-order chi connectivity index (χ0) is 14.8. The highest BCUT2D eigenvalue weighted by molar-refractivity contribution is 7.22. The van der Waals surface area contributed by atoms with Gasteiger partial charge >= 0.3 is 0 Å². The Labute approximate surface area is 140 Å². The predicted molar refractivity (Wildman–Crippen MR) is 92.3 cm³/mol. The van der Waals surface area contributed by atoms with Crippen LogP contribution in [0, 0.1) is 0 Å². The summed E-state index contributed by atoms with van der Waals surface area (Å²) in [6.07, 6.45) is 1.53. The highest BCUT2D eigenvalue weighted by Crippen LogP contribution is 2.30. The number of benzene rings is 2. The Balaban J connectivity index is 1.82. The van der Waals surface area contributed by atoms with Gasteiger partial charge in [-0.25, -0.2) is 4.98 Å². The lowest BCUT2D eigenvalue weighted by molar-refractivity contribution is 1.31. The quantitative estimate of drug-likeness (QED) is 0.371. The molecule has 2 aromatic carbocycles. The molecular formula is C14H8Cl3N3S. The molecule has 1 N–H and O–H groups in total. The first kappa shape index (κ1) is 14.6. The van der Waals surface area contributed by atoms with Crippen molar-refractivity contribution in [2.24, 2.45) is 5.10 Å². The molecule has 0 aliphatic rings. The number of para-hydroxylation sites is 1. The predicted octanol–water partition coefficient (Wildman–Crippen LogP) is 5.70. The van der Waals surface area contributed by atoms with Gasteiger partial charge in [0.15, 0.2) is 0 Å². The Morgan fingerprint density at radius 3 is 2.62 bits per heavy atom. The van der Waals surface area contributed by atoms with Crippen LogP contribution >= 0.6 is 46.1 Å². The smallest absolute Gasteiger partial charge is 0.204 e. The first-order valence-corrected chi connectivity index (χ1v) is 7.88. The van der Waals surface area contributed by atoms with Gasteiger partial charge in [0.05, 0.1) is 31.5 Å². The van der Waals surface area contributed by atoms with Crippen molar-refractivity contribution in [3.8, 4) is 0 Å². The summed E-state index contributed by atoms with van der Waals surface area (Å²) >= 11 is 19.6. The molecule has 3 rings (SSSR count). The number of hydrazone groups is 1. The number of aromatic nitrogens is 1. The van der Waals surface area contributed by atoms with Crippen LogP contribution in [-0.4, -0.2) is 11.2 Å². The van der Waals surface area contributed by atoms with Gasteiger partial charge < -0.3 is 0 Å². The maximum atomic E-state index is 6.10. The molecule has 106 valence electrons. The van der Waals surface area contributed by atoms with E-state index in [1.54, 1.807) is 12.1 Å². The van der Waals surface area contributed by atoms with Crippen LogP contribution in [0.2, 0.25) is 15.1 Å². The van der Waals surface area contributed by atoms with Crippen molar-refractivity contribution in [2.75, 3.05) is 5.43 Å². The molecule has 1 heterocycles. The number of fused-ring (bicyclic) bond motifs is 1. The monoisotopic (exact) mass is 355 g/mol. The molecule has 0 saturated heterocycles. The molecule has 0 spiro atoms. The molecule has 3 aromatic rings. The molecule has 0 aliphatic carbocycles. The summed E-state index contributed by atoms with van der Waals surface area (Å²) in [5, 5.41) is 6.10. The van der Waals surface area contributed by atoms with E-state index in [2.05, 4.69) is 15.5 Å². The molecule has 0 aliphatic heterocycles. The van der Waals surface area contributed by atoms with Gasteiger partial charge in [0.1, 0.15) is 0 Å². The first-order chi connectivity index (χ1) is 10.1. The maximum absolute atomic E-state index is 6.10. The molecule has 7 heteroatoms. The molecule has 1 aromatic heterocycles. The number of thiazole rings is 1. The second-order valence-electron chi connectivity index (χ2n) is 4.11. The van der Waals surface area contributed by atoms with Crippen LogP contribution in [0.1, 0.15) is 5.56 Å². The molecule has 21 heavy (non-hydrogen) atoms. The lowest BCUT2D eigenvalue weighted by Gasteiger charge is -2.02. The minimum absolute atomic E-state index is 0.374. The minimum Gasteiger partial charge on any atom is -0.253 e. The number of hydrogen-bond acceptors (Lipinski definition) is 4. The van der Waals surface area contributed by atoms with Crippen LogP contribution in [0.25, 0.3) is 10.2 Å². The van der Waals surface area contributed by atoms with Gasteiger partial charge in [-0.2, -0.15) is 5.10 Å². The van der Waals surface area contributed by atoms with E-state index in [0.29, 0.717) is 25.8 Å². The highest BCUT2D eigenvalue weighted by atomic mass is 35.5. The van der Waals surface area contributed by atoms with E-state index in [4.69, 9.17) is 34.8 Å². The van der Waals surface area contributed by atoms with E-state index >= 15 is 0 Å². The van der Waals surface area contributed by atoms with Crippen LogP contribution in [-0.2, 0) is 0 Å². The Morgan fingerprint density at radius 2 is 1.81 bits per heavy atom. The fraction of sp³-hybridized carbons (Fsp3) is 0. The fourth-order valence-electron chi connectivity index (χ4n) is 1.73. The minimum atomic E-state index is 0.374. The molecule has 0 radical (unpaired) electrons. The molecule has 0 atom stereocenters. The van der Waals surface area contributed by atoms with Crippen LogP contribution in [0.3, 0.4) is 0 Å². The van der Waals surface area contributed by atoms with Gasteiger partial charge in [0, 0.05) is 5.56 Å². The molecule has 0 bridgehead atoms. The van der Waals surface area contributed by atoms with Crippen LogP contribution in [0.15, 0.2) is 41.5 Å². The van der Waals surface area contributed by atoms with Gasteiger partial charge in [0.25, 0.3) is 0 Å². The molecule has 0 amide bonds. The van der Waals surface area contributed by atoms with Gasteiger partial charge in [-0.15, -0.1) is 0 Å². The Hall–Kier alpha value is -1.33. The van der Waals surface area contributed by atoms with E-state index in [1.807, 2.05) is 24.3 Å². The molecule has 0 saturated carbocycles. The summed E-state index contributed by atoms with van der Waals surface area (Å²) in [5.41, 5.74) is 4.37. The molecular weight excluding hydrogens is 349 g/mol. The topological polar surface area (TPSA) is 37.3 Å². The zero-order valence-corrected chi connectivity index (χ0v) is 13.6. The normalized spacial score (nSPS) is 11.4. The third kappa shape index (κ3) is 3.14. The van der Waals surface area contributed by atoms with E-state index in [-0.39, 0.29) is 0 Å². The number of nitrogens with zero attached hydrogens (tertiary/aromatic N) is 2. The summed E-state index contributed by atoms with van der Waals surface area (Å²) in [6.45, 7) is 0. The van der Waals surface area contributed by atoms with Crippen molar-refractivity contribution in [2.45, 2.75) is 0 Å². The SMILES string of the molecule is Clc1ccc(Cl)c(/C=N\Nc2nc3ccccc3s2)c1Cl. The number of rotatable bonds is 3. The van der Waals surface area contributed by atoms with Crippen LogP contribution in [0.4, 0.5) is 5.13 Å². The lowest BCUT2D eigenvalue weighted by atomic mass is 10.2. The third-order valence-corrected chi connectivity index (χ3v) is 4.82. The molecule has 3 nitrogen and oxygen atoms in total. The fourth-order valence-corrected chi connectivity index (χ4v) is 3.18. The van der Waals surface area contributed by atoms with E-state index in [1.165, 1.54) is 17.6 Å². The average Bonchev–Trinajstić information content (AvgIpc) is 2.89. The van der Waals surface area contributed by atoms with Crippen molar-refractivity contribution in [3.63, 3.8) is 0 Å². The van der Waals surface area contributed by atoms with Crippen molar-refractivity contribution in [1.82, 2.24) is 4.98 Å². The van der Waals surface area contributed by atoms with E-state index < -0.39 is 0 Å². The summed E-state index contributed by atoms with van der Waals surface area (Å²) in [5.74, 6) is 0. The summed E-state index contributed by atoms with van der Waals surface area (Å²) in [7, 11) is 0. The van der Waals surface area contributed by atoms with Crippen molar-refractivity contribution >= 4 is 67.7 Å².